The highest BCUT2D eigenvalue weighted by molar-refractivity contribution is 5.76. The minimum atomic E-state index is -0.272. The van der Waals surface area contributed by atoms with E-state index in [0.717, 1.165) is 25.7 Å². The van der Waals surface area contributed by atoms with Crippen molar-refractivity contribution in [3.63, 3.8) is 0 Å². The molecule has 2 atom stereocenters. The molecule has 0 saturated carbocycles. The Kier molecular flexibility index (Phi) is 4.10. The fraction of sp³-hybridized carbons (Fsp3) is 0.750. The molecule has 4 nitrogen and oxygen atoms in total. The topological polar surface area (TPSA) is 54.6 Å². The van der Waals surface area contributed by atoms with E-state index in [1.807, 2.05) is 0 Å². The number of aliphatic imine (C=N–C) groups is 1. The first-order valence-electron chi connectivity index (χ1n) is 7.66. The van der Waals surface area contributed by atoms with Crippen LogP contribution in [0.25, 0.3) is 0 Å². The SMILES string of the molecule is N#CC[C@@]1(C2CC=C(F)C=N2)CCOC2(CCOCC2)C1. The van der Waals surface area contributed by atoms with E-state index in [0.29, 0.717) is 32.7 Å². The molecule has 0 aromatic rings. The smallest absolute Gasteiger partial charge is 0.137 e. The van der Waals surface area contributed by atoms with Crippen molar-refractivity contribution >= 4 is 6.21 Å². The lowest BCUT2D eigenvalue weighted by Crippen LogP contribution is -2.52. The normalized spacial score (nSPS) is 35.2. The number of rotatable bonds is 2. The highest BCUT2D eigenvalue weighted by Gasteiger charge is 2.50. The summed E-state index contributed by atoms with van der Waals surface area (Å²) in [4.78, 5) is 4.40. The van der Waals surface area contributed by atoms with E-state index in [9.17, 15) is 9.65 Å². The van der Waals surface area contributed by atoms with Crippen LogP contribution in [0.4, 0.5) is 4.39 Å². The van der Waals surface area contributed by atoms with Gasteiger partial charge in [-0.1, -0.05) is 0 Å². The van der Waals surface area contributed by atoms with Gasteiger partial charge in [-0.3, -0.25) is 4.99 Å². The first kappa shape index (κ1) is 14.7. The maximum Gasteiger partial charge on any atom is 0.137 e. The average molecular weight is 292 g/mol. The van der Waals surface area contributed by atoms with Crippen molar-refractivity contribution in [2.24, 2.45) is 10.4 Å². The largest absolute Gasteiger partial charge is 0.381 e. The Bertz CT molecular complexity index is 485. The molecule has 0 aromatic carbocycles. The summed E-state index contributed by atoms with van der Waals surface area (Å²) in [5.41, 5.74) is -0.374. The van der Waals surface area contributed by atoms with Gasteiger partial charge in [-0.05, 0) is 38.2 Å². The molecule has 21 heavy (non-hydrogen) atoms. The van der Waals surface area contributed by atoms with E-state index >= 15 is 0 Å². The summed E-state index contributed by atoms with van der Waals surface area (Å²) in [6.07, 6.45) is 7.33. The van der Waals surface area contributed by atoms with E-state index in [1.165, 1.54) is 6.21 Å². The first-order chi connectivity index (χ1) is 10.2. The zero-order valence-corrected chi connectivity index (χ0v) is 12.2. The third-order valence-corrected chi connectivity index (χ3v) is 5.14. The molecule has 0 aromatic heterocycles. The second-order valence-corrected chi connectivity index (χ2v) is 6.39. The molecule has 5 heteroatoms. The predicted molar refractivity (Wildman–Crippen MR) is 76.7 cm³/mol. The summed E-state index contributed by atoms with van der Waals surface area (Å²) in [6.45, 7) is 2.08. The Balaban J connectivity index is 1.83. The molecule has 2 saturated heterocycles. The molecular formula is C16H21FN2O2. The first-order valence-corrected chi connectivity index (χ1v) is 7.66. The summed E-state index contributed by atoms with van der Waals surface area (Å²) < 4.78 is 24.7. The number of allylic oxidation sites excluding steroid dienone is 1. The maximum atomic E-state index is 13.2. The van der Waals surface area contributed by atoms with Crippen LogP contribution in [-0.4, -0.2) is 37.7 Å². The van der Waals surface area contributed by atoms with Crippen molar-refractivity contribution in [3.8, 4) is 6.07 Å². The standard InChI is InChI=1S/C16H21FN2O2/c17-13-1-2-14(19-11-13)15(3-7-18)4-10-21-16(12-15)5-8-20-9-6-16/h1,11,14H,2-6,8-10,12H2/t14?,15-/m1/s1. The van der Waals surface area contributed by atoms with Crippen LogP contribution in [0.2, 0.25) is 0 Å². The summed E-state index contributed by atoms with van der Waals surface area (Å²) in [5, 5.41) is 9.30. The van der Waals surface area contributed by atoms with Crippen molar-refractivity contribution in [3.05, 3.63) is 11.9 Å². The minimum absolute atomic E-state index is 0.0136. The quantitative estimate of drug-likeness (QED) is 0.786. The van der Waals surface area contributed by atoms with Gasteiger partial charge in [0.25, 0.3) is 0 Å². The van der Waals surface area contributed by atoms with Gasteiger partial charge in [0.05, 0.1) is 23.9 Å². The zero-order valence-electron chi connectivity index (χ0n) is 12.2. The Labute approximate surface area is 124 Å². The highest BCUT2D eigenvalue weighted by atomic mass is 19.1. The average Bonchev–Trinajstić information content (AvgIpc) is 2.49. The van der Waals surface area contributed by atoms with E-state index in [2.05, 4.69) is 11.1 Å². The lowest BCUT2D eigenvalue weighted by molar-refractivity contribution is -0.170. The maximum absolute atomic E-state index is 13.2. The minimum Gasteiger partial charge on any atom is -0.381 e. The van der Waals surface area contributed by atoms with Crippen LogP contribution in [0.1, 0.15) is 38.5 Å². The van der Waals surface area contributed by atoms with Gasteiger partial charge >= 0.3 is 0 Å². The van der Waals surface area contributed by atoms with E-state index in [-0.39, 0.29) is 22.9 Å². The summed E-state index contributed by atoms with van der Waals surface area (Å²) in [5.74, 6) is -0.272. The number of ether oxygens (including phenoxy) is 2. The van der Waals surface area contributed by atoms with E-state index < -0.39 is 0 Å². The molecule has 2 fully saturated rings. The second-order valence-electron chi connectivity index (χ2n) is 6.39. The lowest BCUT2D eigenvalue weighted by atomic mass is 9.64. The number of nitriles is 1. The molecule has 1 unspecified atom stereocenters. The van der Waals surface area contributed by atoms with Crippen molar-refractivity contribution < 1.29 is 13.9 Å². The Hall–Kier alpha value is -1.25. The van der Waals surface area contributed by atoms with Crippen LogP contribution in [0.5, 0.6) is 0 Å². The molecule has 3 aliphatic heterocycles. The lowest BCUT2D eigenvalue weighted by Gasteiger charge is -2.51. The molecule has 3 aliphatic rings. The van der Waals surface area contributed by atoms with Crippen molar-refractivity contribution in [1.29, 1.82) is 5.26 Å². The molecule has 0 radical (unpaired) electrons. The van der Waals surface area contributed by atoms with Gasteiger partial charge in [-0.15, -0.1) is 0 Å². The fourth-order valence-corrected chi connectivity index (χ4v) is 3.93. The van der Waals surface area contributed by atoms with Crippen molar-refractivity contribution in [2.75, 3.05) is 19.8 Å². The molecule has 0 amide bonds. The Morgan fingerprint density at radius 1 is 1.33 bits per heavy atom. The molecule has 0 aliphatic carbocycles. The van der Waals surface area contributed by atoms with Gasteiger partial charge in [0.2, 0.25) is 0 Å². The number of halogens is 1. The monoisotopic (exact) mass is 292 g/mol. The van der Waals surface area contributed by atoms with Crippen LogP contribution in [0.3, 0.4) is 0 Å². The molecule has 3 heterocycles. The molecule has 1 spiro atoms. The molecule has 3 rings (SSSR count). The van der Waals surface area contributed by atoms with Crippen LogP contribution < -0.4 is 0 Å². The highest BCUT2D eigenvalue weighted by Crippen LogP contribution is 2.49. The second kappa shape index (κ2) is 5.86. The number of hydrogen-bond donors (Lipinski definition) is 0. The Morgan fingerprint density at radius 3 is 2.81 bits per heavy atom. The van der Waals surface area contributed by atoms with Crippen LogP contribution >= 0.6 is 0 Å². The summed E-state index contributed by atoms with van der Waals surface area (Å²) in [6, 6.07) is 2.32. The fourth-order valence-electron chi connectivity index (χ4n) is 3.93. The van der Waals surface area contributed by atoms with Crippen molar-refractivity contribution in [1.82, 2.24) is 0 Å². The summed E-state index contributed by atoms with van der Waals surface area (Å²) >= 11 is 0. The van der Waals surface area contributed by atoms with Crippen LogP contribution in [0, 0.1) is 16.7 Å². The van der Waals surface area contributed by atoms with Gasteiger partial charge in [-0.2, -0.15) is 5.26 Å². The predicted octanol–water partition coefficient (Wildman–Crippen LogP) is 2.94. The third kappa shape index (κ3) is 2.88. The van der Waals surface area contributed by atoms with Gasteiger partial charge in [0.15, 0.2) is 0 Å². The van der Waals surface area contributed by atoms with E-state index in [4.69, 9.17) is 9.47 Å². The molecular weight excluding hydrogens is 271 g/mol. The van der Waals surface area contributed by atoms with Crippen LogP contribution in [-0.2, 0) is 9.47 Å². The summed E-state index contributed by atoms with van der Waals surface area (Å²) in [7, 11) is 0. The van der Waals surface area contributed by atoms with Crippen LogP contribution in [0.15, 0.2) is 16.9 Å². The van der Waals surface area contributed by atoms with Gasteiger partial charge in [0.1, 0.15) is 5.83 Å². The zero-order chi connectivity index (χ0) is 14.8. The third-order valence-electron chi connectivity index (χ3n) is 5.14. The molecule has 0 bridgehead atoms. The molecule has 0 N–H and O–H groups in total. The number of nitrogens with zero attached hydrogens (tertiary/aromatic N) is 2. The van der Waals surface area contributed by atoms with E-state index in [1.54, 1.807) is 6.08 Å². The van der Waals surface area contributed by atoms with Gasteiger partial charge < -0.3 is 9.47 Å². The number of dihydropyridines is 1. The molecule has 114 valence electrons. The van der Waals surface area contributed by atoms with Crippen molar-refractivity contribution in [2.45, 2.75) is 50.2 Å². The number of hydrogen-bond acceptors (Lipinski definition) is 4. The Morgan fingerprint density at radius 2 is 2.14 bits per heavy atom. The van der Waals surface area contributed by atoms with Gasteiger partial charge in [0, 0.05) is 31.7 Å². The van der Waals surface area contributed by atoms with Gasteiger partial charge in [-0.25, -0.2) is 4.39 Å².